The van der Waals surface area contributed by atoms with Gasteiger partial charge in [0.2, 0.25) is 20.0 Å². The molecule has 1 heterocycles. The first-order valence-corrected chi connectivity index (χ1v) is 9.05. The van der Waals surface area contributed by atoms with Crippen molar-refractivity contribution >= 4 is 20.0 Å². The van der Waals surface area contributed by atoms with Crippen LogP contribution < -0.4 is 9.86 Å². The van der Waals surface area contributed by atoms with E-state index in [9.17, 15) is 16.8 Å². The van der Waals surface area contributed by atoms with Gasteiger partial charge >= 0.3 is 0 Å². The van der Waals surface area contributed by atoms with E-state index in [2.05, 4.69) is 4.72 Å². The molecule has 112 valence electrons. The van der Waals surface area contributed by atoms with Crippen molar-refractivity contribution in [2.45, 2.75) is 28.7 Å². The normalized spacial score (nSPS) is 20.8. The molecule has 9 heteroatoms. The summed E-state index contributed by atoms with van der Waals surface area (Å²) >= 11 is 0. The second-order valence-electron chi connectivity index (χ2n) is 4.55. The fraction of sp³-hybridized carbons (Fsp3) is 0.455. The van der Waals surface area contributed by atoms with Crippen LogP contribution in [0.15, 0.2) is 34.1 Å². The Morgan fingerprint density at radius 1 is 1.10 bits per heavy atom. The smallest absolute Gasteiger partial charge is 0.240 e. The zero-order valence-electron chi connectivity index (χ0n) is 10.7. The summed E-state index contributed by atoms with van der Waals surface area (Å²) in [4.78, 5) is -0.132. The molecule has 0 aliphatic carbocycles. The van der Waals surface area contributed by atoms with Crippen molar-refractivity contribution < 1.29 is 21.6 Å². The predicted molar refractivity (Wildman–Crippen MR) is 72.0 cm³/mol. The molecule has 1 aliphatic heterocycles. The maximum absolute atomic E-state index is 12.1. The van der Waals surface area contributed by atoms with E-state index in [-0.39, 0.29) is 15.8 Å². The molecule has 2 rings (SSSR count). The third kappa shape index (κ3) is 3.76. The molecule has 7 nitrogen and oxygen atoms in total. The van der Waals surface area contributed by atoms with Gasteiger partial charge in [0.05, 0.1) is 16.4 Å². The van der Waals surface area contributed by atoms with Crippen LogP contribution >= 0.6 is 0 Å². The number of hydrogen-bond donors (Lipinski definition) is 2. The highest BCUT2D eigenvalue weighted by molar-refractivity contribution is 7.89. The average Bonchev–Trinajstić information content (AvgIpc) is 2.38. The third-order valence-corrected chi connectivity index (χ3v) is 5.41. The molecule has 0 spiro atoms. The lowest BCUT2D eigenvalue weighted by atomic mass is 10.1. The highest BCUT2D eigenvalue weighted by Crippen LogP contribution is 2.15. The summed E-state index contributed by atoms with van der Waals surface area (Å²) in [5.41, 5.74) is 0. The Balaban J connectivity index is 2.17. The van der Waals surface area contributed by atoms with Crippen molar-refractivity contribution in [2.24, 2.45) is 5.14 Å². The van der Waals surface area contributed by atoms with E-state index in [1.807, 2.05) is 0 Å². The molecule has 0 aromatic heterocycles. The van der Waals surface area contributed by atoms with Gasteiger partial charge in [-0.3, -0.25) is 0 Å². The zero-order valence-corrected chi connectivity index (χ0v) is 12.3. The number of hydrogen-bond acceptors (Lipinski definition) is 5. The van der Waals surface area contributed by atoms with Crippen LogP contribution in [0.2, 0.25) is 0 Å². The van der Waals surface area contributed by atoms with Gasteiger partial charge < -0.3 is 4.74 Å². The van der Waals surface area contributed by atoms with E-state index in [1.165, 1.54) is 24.3 Å². The Bertz CT molecular complexity index is 661. The van der Waals surface area contributed by atoms with Crippen LogP contribution in [0.25, 0.3) is 0 Å². The second kappa shape index (κ2) is 5.78. The van der Waals surface area contributed by atoms with Crippen molar-refractivity contribution in [1.82, 2.24) is 4.72 Å². The molecule has 1 saturated heterocycles. The van der Waals surface area contributed by atoms with E-state index in [1.54, 1.807) is 0 Å². The standard InChI is InChI=1S/C11H16N2O5S2/c12-19(14,15)10-3-5-11(6-4-10)20(16,17)13-9-2-1-7-18-8-9/h3-6,9,13H,1-2,7-8H2,(H2,12,14,15). The summed E-state index contributed by atoms with van der Waals surface area (Å²) in [7, 11) is -7.52. The van der Waals surface area contributed by atoms with E-state index in [0.717, 1.165) is 6.42 Å². The molecular formula is C11H16N2O5S2. The van der Waals surface area contributed by atoms with Gasteiger partial charge in [-0.1, -0.05) is 0 Å². The molecule has 1 atom stereocenters. The quantitative estimate of drug-likeness (QED) is 0.796. The first-order valence-electron chi connectivity index (χ1n) is 6.02. The van der Waals surface area contributed by atoms with Gasteiger partial charge in [-0.05, 0) is 37.1 Å². The number of nitrogens with one attached hydrogen (secondary N) is 1. The topological polar surface area (TPSA) is 116 Å². The Hall–Kier alpha value is -1.00. The monoisotopic (exact) mass is 320 g/mol. The van der Waals surface area contributed by atoms with Gasteiger partial charge in [0.15, 0.2) is 0 Å². The van der Waals surface area contributed by atoms with Gasteiger partial charge in [0, 0.05) is 12.6 Å². The lowest BCUT2D eigenvalue weighted by Gasteiger charge is -2.22. The molecule has 0 radical (unpaired) electrons. The van der Waals surface area contributed by atoms with E-state index in [0.29, 0.717) is 19.6 Å². The summed E-state index contributed by atoms with van der Waals surface area (Å²) in [5, 5.41) is 4.96. The Labute approximate surface area is 118 Å². The molecule has 1 unspecified atom stereocenters. The fourth-order valence-electron chi connectivity index (χ4n) is 1.93. The van der Waals surface area contributed by atoms with Crippen LogP contribution in [0.1, 0.15) is 12.8 Å². The summed E-state index contributed by atoms with van der Waals surface area (Å²) in [6.45, 7) is 0.982. The number of benzene rings is 1. The number of sulfonamides is 2. The van der Waals surface area contributed by atoms with Crippen molar-refractivity contribution in [3.05, 3.63) is 24.3 Å². The predicted octanol–water partition coefficient (Wildman–Crippen LogP) is -0.209. The molecule has 0 bridgehead atoms. The number of primary sulfonamides is 1. The fourth-order valence-corrected chi connectivity index (χ4v) is 3.70. The maximum atomic E-state index is 12.1. The van der Waals surface area contributed by atoms with Crippen LogP contribution in [0.5, 0.6) is 0 Å². The SMILES string of the molecule is NS(=O)(=O)c1ccc(S(=O)(=O)NC2CCCOC2)cc1. The molecule has 1 aromatic carbocycles. The maximum Gasteiger partial charge on any atom is 0.240 e. The van der Waals surface area contributed by atoms with Crippen molar-refractivity contribution in [3.63, 3.8) is 0 Å². The van der Waals surface area contributed by atoms with Gasteiger partial charge in [-0.2, -0.15) is 0 Å². The lowest BCUT2D eigenvalue weighted by Crippen LogP contribution is -2.40. The van der Waals surface area contributed by atoms with E-state index >= 15 is 0 Å². The van der Waals surface area contributed by atoms with Crippen LogP contribution in [0, 0.1) is 0 Å². The summed E-state index contributed by atoms with van der Waals surface area (Å²) < 4.78 is 54.2. The lowest BCUT2D eigenvalue weighted by molar-refractivity contribution is 0.0774. The van der Waals surface area contributed by atoms with Crippen molar-refractivity contribution in [2.75, 3.05) is 13.2 Å². The highest BCUT2D eigenvalue weighted by Gasteiger charge is 2.22. The first kappa shape index (κ1) is 15.4. The molecule has 20 heavy (non-hydrogen) atoms. The van der Waals surface area contributed by atoms with Crippen LogP contribution in [-0.4, -0.2) is 36.1 Å². The minimum absolute atomic E-state index is 0.00419. The Kier molecular flexibility index (Phi) is 4.45. The van der Waals surface area contributed by atoms with Gasteiger partial charge in [-0.25, -0.2) is 26.7 Å². The number of nitrogens with two attached hydrogens (primary N) is 1. The molecule has 0 amide bonds. The molecule has 1 aromatic rings. The Morgan fingerprint density at radius 3 is 2.20 bits per heavy atom. The minimum Gasteiger partial charge on any atom is -0.380 e. The molecule has 1 fully saturated rings. The van der Waals surface area contributed by atoms with Crippen LogP contribution in [-0.2, 0) is 24.8 Å². The van der Waals surface area contributed by atoms with E-state index < -0.39 is 20.0 Å². The van der Waals surface area contributed by atoms with Gasteiger partial charge in [0.1, 0.15) is 0 Å². The summed E-state index contributed by atoms with van der Waals surface area (Å²) in [5.74, 6) is 0. The first-order chi connectivity index (χ1) is 9.29. The van der Waals surface area contributed by atoms with Gasteiger partial charge in [0.25, 0.3) is 0 Å². The minimum atomic E-state index is -3.83. The average molecular weight is 320 g/mol. The third-order valence-electron chi connectivity index (χ3n) is 2.94. The van der Waals surface area contributed by atoms with Crippen molar-refractivity contribution in [1.29, 1.82) is 0 Å². The zero-order chi connectivity index (χ0) is 14.8. The van der Waals surface area contributed by atoms with Crippen LogP contribution in [0.3, 0.4) is 0 Å². The molecular weight excluding hydrogens is 304 g/mol. The number of rotatable bonds is 4. The van der Waals surface area contributed by atoms with Crippen LogP contribution in [0.4, 0.5) is 0 Å². The Morgan fingerprint density at radius 2 is 1.70 bits per heavy atom. The number of ether oxygens (including phenoxy) is 1. The van der Waals surface area contributed by atoms with Crippen molar-refractivity contribution in [3.8, 4) is 0 Å². The molecule has 1 aliphatic rings. The highest BCUT2D eigenvalue weighted by atomic mass is 32.2. The molecule has 3 N–H and O–H groups in total. The summed E-state index contributed by atoms with van der Waals surface area (Å²) in [6.07, 6.45) is 1.52. The van der Waals surface area contributed by atoms with E-state index in [4.69, 9.17) is 9.88 Å². The van der Waals surface area contributed by atoms with Gasteiger partial charge in [-0.15, -0.1) is 0 Å². The largest absolute Gasteiger partial charge is 0.380 e. The second-order valence-corrected chi connectivity index (χ2v) is 7.83. The molecule has 0 saturated carbocycles. The summed E-state index contributed by atoms with van der Waals surface area (Å²) in [6, 6.07) is 4.51.